The molecular formula is C22H23ClN2O2. The van der Waals surface area contributed by atoms with Crippen LogP contribution in [0.4, 0.5) is 0 Å². The van der Waals surface area contributed by atoms with Crippen LogP contribution in [0.5, 0.6) is 0 Å². The first-order valence-electron chi connectivity index (χ1n) is 9.51. The molecular weight excluding hydrogens is 360 g/mol. The Hall–Kier alpha value is -2.17. The summed E-state index contributed by atoms with van der Waals surface area (Å²) in [6.45, 7) is 3.38. The molecule has 2 aromatic rings. The van der Waals surface area contributed by atoms with Crippen molar-refractivity contribution in [1.82, 2.24) is 9.80 Å². The largest absolute Gasteiger partial charge is 0.339 e. The van der Waals surface area contributed by atoms with Crippen LogP contribution in [0.15, 0.2) is 48.5 Å². The second-order valence-corrected chi connectivity index (χ2v) is 7.65. The average molecular weight is 383 g/mol. The number of fused-ring (bicyclic) bond motifs is 3. The Labute approximate surface area is 164 Å². The Morgan fingerprint density at radius 3 is 2.59 bits per heavy atom. The first-order chi connectivity index (χ1) is 13.1. The van der Waals surface area contributed by atoms with Crippen LogP contribution in [0.1, 0.15) is 40.4 Å². The second kappa shape index (κ2) is 7.83. The summed E-state index contributed by atoms with van der Waals surface area (Å²) in [5.74, 6) is -0.0197. The lowest BCUT2D eigenvalue weighted by Gasteiger charge is -2.45. The highest BCUT2D eigenvalue weighted by atomic mass is 35.5. The van der Waals surface area contributed by atoms with Gasteiger partial charge in [-0.05, 0) is 29.7 Å². The van der Waals surface area contributed by atoms with E-state index in [-0.39, 0.29) is 30.6 Å². The number of piperazine rings is 1. The molecule has 0 saturated carbocycles. The Kier molecular flexibility index (Phi) is 5.28. The van der Waals surface area contributed by atoms with Crippen molar-refractivity contribution in [3.63, 3.8) is 0 Å². The number of hydrogen-bond donors (Lipinski definition) is 0. The fraction of sp³-hybridized carbons (Fsp3) is 0.364. The monoisotopic (exact) mass is 382 g/mol. The summed E-state index contributed by atoms with van der Waals surface area (Å²) in [5, 5.41) is 0.447. The zero-order valence-corrected chi connectivity index (χ0v) is 16.0. The zero-order chi connectivity index (χ0) is 18.8. The van der Waals surface area contributed by atoms with Crippen molar-refractivity contribution in [1.29, 1.82) is 0 Å². The highest BCUT2D eigenvalue weighted by molar-refractivity contribution is 6.34. The molecule has 140 valence electrons. The molecule has 1 amide bonds. The first kappa shape index (κ1) is 18.2. The Bertz CT molecular complexity index is 867. The molecule has 1 saturated heterocycles. The summed E-state index contributed by atoms with van der Waals surface area (Å²) in [6.07, 6.45) is 1.51. The molecule has 4 nitrogen and oxygen atoms in total. The summed E-state index contributed by atoms with van der Waals surface area (Å²) in [5.41, 5.74) is 3.23. The van der Waals surface area contributed by atoms with E-state index in [1.165, 1.54) is 11.1 Å². The lowest BCUT2D eigenvalue weighted by atomic mass is 9.91. The molecule has 1 fully saturated rings. The van der Waals surface area contributed by atoms with E-state index >= 15 is 0 Å². The Morgan fingerprint density at radius 2 is 1.74 bits per heavy atom. The Morgan fingerprint density at radius 1 is 0.963 bits per heavy atom. The van der Waals surface area contributed by atoms with Gasteiger partial charge in [-0.2, -0.15) is 0 Å². The van der Waals surface area contributed by atoms with Gasteiger partial charge in [0.25, 0.3) is 0 Å². The van der Waals surface area contributed by atoms with Gasteiger partial charge in [-0.3, -0.25) is 14.5 Å². The highest BCUT2D eigenvalue weighted by Crippen LogP contribution is 2.32. The van der Waals surface area contributed by atoms with Gasteiger partial charge in [0.05, 0.1) is 11.1 Å². The summed E-state index contributed by atoms with van der Waals surface area (Å²) < 4.78 is 0. The summed E-state index contributed by atoms with van der Waals surface area (Å²) in [4.78, 5) is 29.5. The number of halogens is 1. The normalized spacial score (nSPS) is 19.3. The van der Waals surface area contributed by atoms with Gasteiger partial charge in [-0.1, -0.05) is 48.0 Å². The summed E-state index contributed by atoms with van der Waals surface area (Å²) in [7, 11) is 0. The van der Waals surface area contributed by atoms with Crippen LogP contribution in [0.3, 0.4) is 0 Å². The van der Waals surface area contributed by atoms with E-state index in [1.54, 1.807) is 24.3 Å². The molecule has 2 aromatic carbocycles. The van der Waals surface area contributed by atoms with Crippen molar-refractivity contribution in [2.24, 2.45) is 0 Å². The third-order valence-corrected chi connectivity index (χ3v) is 6.00. The molecule has 27 heavy (non-hydrogen) atoms. The van der Waals surface area contributed by atoms with Crippen LogP contribution in [0.2, 0.25) is 5.02 Å². The van der Waals surface area contributed by atoms with E-state index in [0.29, 0.717) is 17.1 Å². The second-order valence-electron chi connectivity index (χ2n) is 7.24. The van der Waals surface area contributed by atoms with Crippen LogP contribution < -0.4 is 0 Å². The molecule has 0 bridgehead atoms. The number of amides is 1. The first-order valence-corrected chi connectivity index (χ1v) is 9.88. The molecule has 0 aliphatic carbocycles. The van der Waals surface area contributed by atoms with E-state index in [0.717, 1.165) is 26.1 Å². The van der Waals surface area contributed by atoms with E-state index < -0.39 is 0 Å². The molecule has 0 aromatic heterocycles. The highest BCUT2D eigenvalue weighted by Gasteiger charge is 2.33. The third-order valence-electron chi connectivity index (χ3n) is 5.67. The maximum absolute atomic E-state index is 12.7. The average Bonchev–Trinajstić information content (AvgIpc) is 2.71. The van der Waals surface area contributed by atoms with Gasteiger partial charge in [0, 0.05) is 44.6 Å². The van der Waals surface area contributed by atoms with Crippen molar-refractivity contribution in [2.75, 3.05) is 26.2 Å². The fourth-order valence-corrected chi connectivity index (χ4v) is 4.40. The van der Waals surface area contributed by atoms with E-state index in [4.69, 9.17) is 11.6 Å². The topological polar surface area (TPSA) is 40.6 Å². The van der Waals surface area contributed by atoms with Gasteiger partial charge in [0.1, 0.15) is 0 Å². The minimum Gasteiger partial charge on any atom is -0.339 e. The van der Waals surface area contributed by atoms with Crippen LogP contribution in [0.25, 0.3) is 0 Å². The number of ketones is 1. The predicted octanol–water partition coefficient (Wildman–Crippen LogP) is 3.74. The van der Waals surface area contributed by atoms with Crippen LogP contribution in [-0.4, -0.2) is 47.7 Å². The fourth-order valence-electron chi connectivity index (χ4n) is 4.16. The van der Waals surface area contributed by atoms with Gasteiger partial charge in [-0.15, -0.1) is 0 Å². The van der Waals surface area contributed by atoms with Crippen molar-refractivity contribution in [2.45, 2.75) is 25.3 Å². The van der Waals surface area contributed by atoms with Crippen LogP contribution in [0, 0.1) is 0 Å². The van der Waals surface area contributed by atoms with Crippen molar-refractivity contribution < 1.29 is 9.59 Å². The number of benzene rings is 2. The number of nitrogens with zero attached hydrogens (tertiary/aromatic N) is 2. The minimum absolute atomic E-state index is 0.0538. The molecule has 0 spiro atoms. The summed E-state index contributed by atoms with van der Waals surface area (Å²) >= 11 is 6.09. The number of carbonyl (C=O) groups is 2. The maximum Gasteiger partial charge on any atom is 0.223 e. The lowest BCUT2D eigenvalue weighted by Crippen LogP contribution is -2.52. The molecule has 5 heteroatoms. The van der Waals surface area contributed by atoms with Crippen molar-refractivity contribution >= 4 is 23.3 Å². The minimum atomic E-state index is -0.0735. The number of carbonyl (C=O) groups excluding carboxylic acids is 2. The predicted molar refractivity (Wildman–Crippen MR) is 106 cm³/mol. The van der Waals surface area contributed by atoms with Crippen molar-refractivity contribution in [3.8, 4) is 0 Å². The zero-order valence-electron chi connectivity index (χ0n) is 15.2. The summed E-state index contributed by atoms with van der Waals surface area (Å²) in [6, 6.07) is 15.8. The van der Waals surface area contributed by atoms with Gasteiger partial charge in [0.15, 0.2) is 5.78 Å². The van der Waals surface area contributed by atoms with Gasteiger partial charge >= 0.3 is 0 Å². The molecule has 2 heterocycles. The molecule has 1 unspecified atom stereocenters. The number of hydrogen-bond acceptors (Lipinski definition) is 3. The smallest absolute Gasteiger partial charge is 0.223 e. The van der Waals surface area contributed by atoms with E-state index in [1.807, 2.05) is 4.90 Å². The van der Waals surface area contributed by atoms with Gasteiger partial charge < -0.3 is 4.90 Å². The van der Waals surface area contributed by atoms with E-state index in [2.05, 4.69) is 29.2 Å². The van der Waals surface area contributed by atoms with E-state index in [9.17, 15) is 9.59 Å². The van der Waals surface area contributed by atoms with Gasteiger partial charge in [-0.25, -0.2) is 0 Å². The molecule has 4 rings (SSSR count). The SMILES string of the molecule is O=C(CCC(=O)N1CCN2CCc3ccccc3C2C1)c1ccccc1Cl. The third kappa shape index (κ3) is 3.78. The Balaban J connectivity index is 1.39. The van der Waals surface area contributed by atoms with Crippen LogP contribution >= 0.6 is 11.6 Å². The number of Topliss-reactive ketones (excluding diaryl/α,β-unsaturated/α-hetero) is 1. The van der Waals surface area contributed by atoms with Gasteiger partial charge in [0.2, 0.25) is 5.91 Å². The lowest BCUT2D eigenvalue weighted by molar-refractivity contribution is -0.134. The molecule has 2 aliphatic heterocycles. The maximum atomic E-state index is 12.7. The molecule has 1 atom stereocenters. The number of rotatable bonds is 4. The molecule has 0 N–H and O–H groups in total. The standard InChI is InChI=1S/C22H23ClN2O2/c23-19-8-4-3-7-18(19)21(26)9-10-22(27)25-14-13-24-12-11-16-5-1-2-6-17(16)20(24)15-25/h1-8,20H,9-15H2. The quantitative estimate of drug-likeness (QED) is 0.756. The molecule has 2 aliphatic rings. The van der Waals surface area contributed by atoms with Crippen LogP contribution in [-0.2, 0) is 11.2 Å². The molecule has 0 radical (unpaired) electrons. The van der Waals surface area contributed by atoms with Crippen molar-refractivity contribution in [3.05, 3.63) is 70.2 Å².